The van der Waals surface area contributed by atoms with Crippen LogP contribution in [-0.4, -0.2) is 37.3 Å². The van der Waals surface area contributed by atoms with Crippen molar-refractivity contribution in [1.29, 1.82) is 0 Å². The molecule has 1 aromatic rings. The lowest BCUT2D eigenvalue weighted by Gasteiger charge is -2.26. The van der Waals surface area contributed by atoms with Crippen molar-refractivity contribution in [2.45, 2.75) is 18.2 Å². The summed E-state index contributed by atoms with van der Waals surface area (Å²) in [7, 11) is -3.32. The van der Waals surface area contributed by atoms with Crippen LogP contribution < -0.4 is 0 Å². The third-order valence-corrected chi connectivity index (χ3v) is 6.43. The predicted molar refractivity (Wildman–Crippen MR) is 79.6 cm³/mol. The van der Waals surface area contributed by atoms with Crippen molar-refractivity contribution in [2.75, 3.05) is 24.6 Å². The van der Waals surface area contributed by atoms with Crippen molar-refractivity contribution < 1.29 is 8.42 Å². The van der Waals surface area contributed by atoms with Crippen molar-refractivity contribution >= 4 is 37.7 Å². The highest BCUT2D eigenvalue weighted by atomic mass is 79.9. The molecule has 0 spiro atoms. The van der Waals surface area contributed by atoms with E-state index in [4.69, 9.17) is 0 Å². The van der Waals surface area contributed by atoms with Crippen LogP contribution in [0.15, 0.2) is 27.6 Å². The fourth-order valence-corrected chi connectivity index (χ4v) is 5.26. The average molecular weight is 350 g/mol. The van der Waals surface area contributed by atoms with Gasteiger partial charge in [0.1, 0.15) is 0 Å². The van der Waals surface area contributed by atoms with E-state index in [2.05, 4.69) is 15.9 Å². The predicted octanol–water partition coefficient (Wildman–Crippen LogP) is 2.75. The second-order valence-corrected chi connectivity index (χ2v) is 8.17. The van der Waals surface area contributed by atoms with E-state index < -0.39 is 10.0 Å². The van der Waals surface area contributed by atoms with E-state index in [0.29, 0.717) is 18.0 Å². The molecule has 0 unspecified atom stereocenters. The molecule has 1 aliphatic rings. The Morgan fingerprint density at radius 3 is 2.61 bits per heavy atom. The first kappa shape index (κ1) is 14.4. The van der Waals surface area contributed by atoms with Crippen LogP contribution >= 0.6 is 27.7 Å². The summed E-state index contributed by atoms with van der Waals surface area (Å²) >= 11 is 5.20. The van der Waals surface area contributed by atoms with Gasteiger partial charge >= 0.3 is 0 Å². The Labute approximate surface area is 121 Å². The quantitative estimate of drug-likeness (QED) is 0.841. The van der Waals surface area contributed by atoms with Gasteiger partial charge in [0.15, 0.2) is 0 Å². The topological polar surface area (TPSA) is 37.4 Å². The number of thioether (sulfide) groups is 1. The lowest BCUT2D eigenvalue weighted by molar-refractivity contribution is 0.443. The van der Waals surface area contributed by atoms with Crippen molar-refractivity contribution in [3.05, 3.63) is 28.2 Å². The van der Waals surface area contributed by atoms with Gasteiger partial charge in [0.25, 0.3) is 0 Å². The minimum absolute atomic E-state index is 0.458. The molecular formula is C12H16BrNO2S2. The van der Waals surface area contributed by atoms with Crippen molar-refractivity contribution in [1.82, 2.24) is 4.31 Å². The first-order valence-electron chi connectivity index (χ1n) is 5.92. The fourth-order valence-electron chi connectivity index (χ4n) is 2.00. The Bertz CT molecular complexity index is 525. The zero-order valence-corrected chi connectivity index (χ0v) is 13.4. The van der Waals surface area contributed by atoms with Gasteiger partial charge in [0.05, 0.1) is 4.90 Å². The normalized spacial score (nSPS) is 17.9. The molecule has 100 valence electrons. The van der Waals surface area contributed by atoms with E-state index in [1.807, 2.05) is 24.8 Å². The van der Waals surface area contributed by atoms with E-state index in [1.165, 1.54) is 0 Å². The van der Waals surface area contributed by atoms with Crippen molar-refractivity contribution in [3.8, 4) is 0 Å². The van der Waals surface area contributed by atoms with Gasteiger partial charge in [-0.25, -0.2) is 8.42 Å². The van der Waals surface area contributed by atoms with Gasteiger partial charge in [-0.3, -0.25) is 0 Å². The van der Waals surface area contributed by atoms with Crippen LogP contribution in [0.4, 0.5) is 0 Å². The molecular weight excluding hydrogens is 334 g/mol. The Kier molecular flexibility index (Phi) is 4.75. The SMILES string of the molecule is CCc1cc(Br)ccc1S(=O)(=O)N1CCSCC1. The molecule has 0 bridgehead atoms. The highest BCUT2D eigenvalue weighted by Gasteiger charge is 2.27. The van der Waals surface area contributed by atoms with Crippen LogP contribution in [0.5, 0.6) is 0 Å². The second kappa shape index (κ2) is 5.94. The van der Waals surface area contributed by atoms with E-state index in [1.54, 1.807) is 16.4 Å². The molecule has 1 fully saturated rings. The van der Waals surface area contributed by atoms with Crippen LogP contribution in [0.2, 0.25) is 0 Å². The first-order chi connectivity index (χ1) is 8.55. The molecule has 0 radical (unpaired) electrons. The minimum atomic E-state index is -3.32. The molecule has 1 aliphatic heterocycles. The number of benzene rings is 1. The molecule has 18 heavy (non-hydrogen) atoms. The molecule has 0 N–H and O–H groups in total. The smallest absolute Gasteiger partial charge is 0.207 e. The summed E-state index contributed by atoms with van der Waals surface area (Å²) in [4.78, 5) is 0.458. The largest absolute Gasteiger partial charge is 0.243 e. The molecule has 0 saturated carbocycles. The maximum atomic E-state index is 12.6. The number of halogens is 1. The van der Waals surface area contributed by atoms with Crippen LogP contribution in [0.1, 0.15) is 12.5 Å². The zero-order chi connectivity index (χ0) is 13.2. The fraction of sp³-hybridized carbons (Fsp3) is 0.500. The monoisotopic (exact) mass is 349 g/mol. The minimum Gasteiger partial charge on any atom is -0.207 e. The molecule has 1 aromatic carbocycles. The zero-order valence-electron chi connectivity index (χ0n) is 10.2. The van der Waals surface area contributed by atoms with Gasteiger partial charge < -0.3 is 0 Å². The maximum absolute atomic E-state index is 12.6. The highest BCUT2D eigenvalue weighted by molar-refractivity contribution is 9.10. The van der Waals surface area contributed by atoms with Gasteiger partial charge in [0, 0.05) is 29.1 Å². The summed E-state index contributed by atoms with van der Waals surface area (Å²) in [6.45, 7) is 3.21. The lowest BCUT2D eigenvalue weighted by Crippen LogP contribution is -2.38. The Morgan fingerprint density at radius 2 is 2.00 bits per heavy atom. The molecule has 0 aliphatic carbocycles. The molecule has 0 amide bonds. The maximum Gasteiger partial charge on any atom is 0.243 e. The molecule has 3 nitrogen and oxygen atoms in total. The number of rotatable bonds is 3. The average Bonchev–Trinajstić information content (AvgIpc) is 2.39. The molecule has 2 rings (SSSR count). The van der Waals surface area contributed by atoms with Gasteiger partial charge in [0.2, 0.25) is 10.0 Å². The van der Waals surface area contributed by atoms with Crippen LogP contribution in [0.25, 0.3) is 0 Å². The molecule has 1 heterocycles. The molecule has 1 saturated heterocycles. The van der Waals surface area contributed by atoms with Crippen LogP contribution in [0, 0.1) is 0 Å². The van der Waals surface area contributed by atoms with Gasteiger partial charge in [-0.1, -0.05) is 22.9 Å². The summed E-state index contributed by atoms with van der Waals surface area (Å²) < 4.78 is 27.7. The molecule has 0 aromatic heterocycles. The van der Waals surface area contributed by atoms with Crippen LogP contribution in [-0.2, 0) is 16.4 Å². The standard InChI is InChI=1S/C12H16BrNO2S2/c1-2-10-9-11(13)3-4-12(10)18(15,16)14-5-7-17-8-6-14/h3-4,9H,2,5-8H2,1H3. The summed E-state index contributed by atoms with van der Waals surface area (Å²) in [6.07, 6.45) is 0.719. The summed E-state index contributed by atoms with van der Waals surface area (Å²) in [5, 5.41) is 0. The first-order valence-corrected chi connectivity index (χ1v) is 9.31. The molecule has 6 heteroatoms. The third-order valence-electron chi connectivity index (χ3n) is 2.99. The van der Waals surface area contributed by atoms with Gasteiger partial charge in [-0.05, 0) is 30.2 Å². The Morgan fingerprint density at radius 1 is 1.33 bits per heavy atom. The van der Waals surface area contributed by atoms with E-state index in [-0.39, 0.29) is 0 Å². The Hall–Kier alpha value is -0.0400. The third kappa shape index (κ3) is 2.92. The van der Waals surface area contributed by atoms with E-state index in [0.717, 1.165) is 28.0 Å². The highest BCUT2D eigenvalue weighted by Crippen LogP contribution is 2.26. The van der Waals surface area contributed by atoms with Gasteiger partial charge in [-0.2, -0.15) is 16.1 Å². The van der Waals surface area contributed by atoms with E-state index >= 15 is 0 Å². The van der Waals surface area contributed by atoms with E-state index in [9.17, 15) is 8.42 Å². The van der Waals surface area contributed by atoms with Crippen LogP contribution in [0.3, 0.4) is 0 Å². The number of sulfonamides is 1. The number of hydrogen-bond donors (Lipinski definition) is 0. The van der Waals surface area contributed by atoms with Crippen molar-refractivity contribution in [3.63, 3.8) is 0 Å². The number of aryl methyl sites for hydroxylation is 1. The number of hydrogen-bond acceptors (Lipinski definition) is 3. The summed E-state index contributed by atoms with van der Waals surface area (Å²) in [5.41, 5.74) is 0.877. The number of nitrogens with zero attached hydrogens (tertiary/aromatic N) is 1. The Balaban J connectivity index is 2.40. The second-order valence-electron chi connectivity index (χ2n) is 4.12. The molecule has 0 atom stereocenters. The lowest BCUT2D eigenvalue weighted by atomic mass is 10.2. The van der Waals surface area contributed by atoms with Crippen molar-refractivity contribution in [2.24, 2.45) is 0 Å². The summed E-state index contributed by atoms with van der Waals surface area (Å²) in [6, 6.07) is 5.40. The summed E-state index contributed by atoms with van der Waals surface area (Å²) in [5.74, 6) is 1.77. The van der Waals surface area contributed by atoms with Gasteiger partial charge in [-0.15, -0.1) is 0 Å².